The quantitative estimate of drug-likeness (QED) is 0.742. The molecule has 0 fully saturated rings. The molecule has 0 radical (unpaired) electrons. The van der Waals surface area contributed by atoms with E-state index in [1.165, 1.54) is 6.92 Å². The summed E-state index contributed by atoms with van der Waals surface area (Å²) < 4.78 is 5.26. The van der Waals surface area contributed by atoms with E-state index in [0.717, 1.165) is 22.3 Å². The monoisotopic (exact) mass is 367 g/mol. The first-order valence-electron chi connectivity index (χ1n) is 8.65. The molecule has 27 heavy (non-hydrogen) atoms. The number of carbonyl (C=O) groups is 3. The van der Waals surface area contributed by atoms with E-state index in [9.17, 15) is 14.4 Å². The van der Waals surface area contributed by atoms with Gasteiger partial charge in [0.25, 0.3) is 0 Å². The van der Waals surface area contributed by atoms with Gasteiger partial charge in [-0.15, -0.1) is 0 Å². The number of ether oxygens (including phenoxy) is 1. The van der Waals surface area contributed by atoms with Crippen LogP contribution in [0, 0.1) is 0 Å². The highest BCUT2D eigenvalue weighted by Gasteiger charge is 2.29. The molecule has 0 saturated heterocycles. The van der Waals surface area contributed by atoms with Crippen LogP contribution in [0.3, 0.4) is 0 Å². The summed E-state index contributed by atoms with van der Waals surface area (Å²) in [4.78, 5) is 35.0. The standard InChI is InChI=1S/C20H21N3O4/c1-12(21)19(25)22-10-18(24)23-20(26)27-11-17-15-8-4-2-6-13(15)14-7-3-5-9-16(14)17/h2-9,12,17H,10-11,21H2,1H3,(H,22,25)(H,23,24,26)/t12-/m0/s1. The van der Waals surface area contributed by atoms with E-state index < -0.39 is 23.9 Å². The summed E-state index contributed by atoms with van der Waals surface area (Å²) in [6.07, 6.45) is -0.850. The molecule has 0 spiro atoms. The van der Waals surface area contributed by atoms with Crippen molar-refractivity contribution in [1.29, 1.82) is 0 Å². The molecule has 1 aliphatic carbocycles. The fourth-order valence-electron chi connectivity index (χ4n) is 3.12. The van der Waals surface area contributed by atoms with Crippen molar-refractivity contribution in [1.82, 2.24) is 10.6 Å². The van der Waals surface area contributed by atoms with E-state index in [-0.39, 0.29) is 19.1 Å². The van der Waals surface area contributed by atoms with Gasteiger partial charge in [0.1, 0.15) is 6.61 Å². The van der Waals surface area contributed by atoms with Gasteiger partial charge in [-0.05, 0) is 29.2 Å². The molecule has 4 N–H and O–H groups in total. The highest BCUT2D eigenvalue weighted by atomic mass is 16.5. The van der Waals surface area contributed by atoms with E-state index >= 15 is 0 Å². The molecule has 0 aromatic heterocycles. The fourth-order valence-corrected chi connectivity index (χ4v) is 3.12. The third-order valence-corrected chi connectivity index (χ3v) is 4.42. The van der Waals surface area contributed by atoms with Crippen molar-refractivity contribution in [2.45, 2.75) is 18.9 Å². The summed E-state index contributed by atoms with van der Waals surface area (Å²) in [6, 6.07) is 15.2. The van der Waals surface area contributed by atoms with Crippen LogP contribution in [0.25, 0.3) is 11.1 Å². The Bertz CT molecular complexity index is 834. The van der Waals surface area contributed by atoms with Gasteiger partial charge in [-0.2, -0.15) is 0 Å². The summed E-state index contributed by atoms with van der Waals surface area (Å²) in [6.45, 7) is 1.27. The lowest BCUT2D eigenvalue weighted by Gasteiger charge is -2.14. The van der Waals surface area contributed by atoms with Gasteiger partial charge in [-0.25, -0.2) is 4.79 Å². The van der Waals surface area contributed by atoms with Crippen molar-refractivity contribution in [2.75, 3.05) is 13.2 Å². The first-order chi connectivity index (χ1) is 13.0. The van der Waals surface area contributed by atoms with Gasteiger partial charge < -0.3 is 15.8 Å². The first-order valence-corrected chi connectivity index (χ1v) is 8.65. The van der Waals surface area contributed by atoms with Crippen molar-refractivity contribution in [3.63, 3.8) is 0 Å². The third kappa shape index (κ3) is 4.15. The molecule has 0 heterocycles. The molecule has 7 heteroatoms. The molecule has 3 amide bonds. The predicted molar refractivity (Wildman–Crippen MR) is 99.9 cm³/mol. The Balaban J connectivity index is 1.58. The summed E-state index contributed by atoms with van der Waals surface area (Å²) in [5.41, 5.74) is 9.80. The maximum absolute atomic E-state index is 11.9. The lowest BCUT2D eigenvalue weighted by molar-refractivity contribution is -0.126. The lowest BCUT2D eigenvalue weighted by atomic mass is 9.98. The van der Waals surface area contributed by atoms with Gasteiger partial charge in [-0.3, -0.25) is 14.9 Å². The average Bonchev–Trinajstić information content (AvgIpc) is 2.98. The van der Waals surface area contributed by atoms with E-state index in [2.05, 4.69) is 10.6 Å². The molecule has 1 atom stereocenters. The topological polar surface area (TPSA) is 111 Å². The third-order valence-electron chi connectivity index (χ3n) is 4.42. The van der Waals surface area contributed by atoms with Crippen molar-refractivity contribution in [3.05, 3.63) is 59.7 Å². The molecule has 0 saturated carbocycles. The Kier molecular flexibility index (Phi) is 5.52. The van der Waals surface area contributed by atoms with Crippen LogP contribution in [0.5, 0.6) is 0 Å². The molecule has 0 unspecified atom stereocenters. The van der Waals surface area contributed by atoms with Crippen LogP contribution in [0.1, 0.15) is 24.0 Å². The molecule has 1 aliphatic rings. The molecular formula is C20H21N3O4. The molecule has 7 nitrogen and oxygen atoms in total. The number of fused-ring (bicyclic) bond motifs is 3. The Morgan fingerprint density at radius 3 is 2.15 bits per heavy atom. The van der Waals surface area contributed by atoms with Crippen LogP contribution >= 0.6 is 0 Å². The van der Waals surface area contributed by atoms with E-state index in [1.54, 1.807) is 0 Å². The number of imide groups is 1. The molecule has 0 bridgehead atoms. The van der Waals surface area contributed by atoms with Gasteiger partial charge in [-0.1, -0.05) is 48.5 Å². The zero-order valence-corrected chi connectivity index (χ0v) is 14.9. The maximum Gasteiger partial charge on any atom is 0.413 e. The number of alkyl carbamates (subject to hydrolysis) is 1. The zero-order valence-electron chi connectivity index (χ0n) is 14.9. The van der Waals surface area contributed by atoms with Gasteiger partial charge in [0, 0.05) is 5.92 Å². The van der Waals surface area contributed by atoms with Crippen LogP contribution in [-0.2, 0) is 14.3 Å². The number of amides is 3. The number of hydrogen-bond donors (Lipinski definition) is 3. The van der Waals surface area contributed by atoms with Gasteiger partial charge >= 0.3 is 6.09 Å². The molecule has 2 aromatic carbocycles. The molecule has 140 valence electrons. The maximum atomic E-state index is 11.9. The number of hydrogen-bond acceptors (Lipinski definition) is 5. The second-order valence-corrected chi connectivity index (χ2v) is 6.38. The van der Waals surface area contributed by atoms with E-state index in [4.69, 9.17) is 10.5 Å². The minimum absolute atomic E-state index is 0.0870. The van der Waals surface area contributed by atoms with Crippen LogP contribution in [0.4, 0.5) is 4.79 Å². The minimum atomic E-state index is -0.850. The van der Waals surface area contributed by atoms with E-state index in [1.807, 2.05) is 48.5 Å². The van der Waals surface area contributed by atoms with Crippen molar-refractivity contribution >= 4 is 17.9 Å². The second-order valence-electron chi connectivity index (χ2n) is 6.38. The van der Waals surface area contributed by atoms with Crippen LogP contribution in [-0.4, -0.2) is 37.1 Å². The SMILES string of the molecule is C[C@H](N)C(=O)NCC(=O)NC(=O)OCC1c2ccccc2-c2ccccc21. The summed E-state index contributed by atoms with van der Waals surface area (Å²) in [5, 5.41) is 4.42. The first kappa shape index (κ1) is 18.6. The van der Waals surface area contributed by atoms with Gasteiger partial charge in [0.15, 0.2) is 0 Å². The minimum Gasteiger partial charge on any atom is -0.448 e. The normalized spacial score (nSPS) is 13.3. The van der Waals surface area contributed by atoms with Crippen molar-refractivity contribution in [3.8, 4) is 11.1 Å². The second kappa shape index (κ2) is 8.01. The van der Waals surface area contributed by atoms with Crippen LogP contribution < -0.4 is 16.4 Å². The number of rotatable bonds is 5. The summed E-state index contributed by atoms with van der Waals surface area (Å²) in [5.74, 6) is -1.23. The zero-order chi connectivity index (χ0) is 19.4. The number of carbonyl (C=O) groups excluding carboxylic acids is 3. The Labute approximate surface area is 156 Å². The van der Waals surface area contributed by atoms with E-state index in [0.29, 0.717) is 0 Å². The largest absolute Gasteiger partial charge is 0.448 e. The smallest absolute Gasteiger partial charge is 0.413 e. The number of benzene rings is 2. The summed E-state index contributed by atoms with van der Waals surface area (Å²) in [7, 11) is 0. The molecule has 3 rings (SSSR count). The molecule has 0 aliphatic heterocycles. The van der Waals surface area contributed by atoms with Gasteiger partial charge in [0.05, 0.1) is 12.6 Å². The summed E-state index contributed by atoms with van der Waals surface area (Å²) >= 11 is 0. The predicted octanol–water partition coefficient (Wildman–Crippen LogP) is 1.52. The molecule has 2 aromatic rings. The van der Waals surface area contributed by atoms with Crippen molar-refractivity contribution in [2.24, 2.45) is 5.73 Å². The van der Waals surface area contributed by atoms with Crippen molar-refractivity contribution < 1.29 is 19.1 Å². The number of nitrogens with one attached hydrogen (secondary N) is 2. The highest BCUT2D eigenvalue weighted by Crippen LogP contribution is 2.44. The van der Waals surface area contributed by atoms with Crippen LogP contribution in [0.15, 0.2) is 48.5 Å². The average molecular weight is 367 g/mol. The Morgan fingerprint density at radius 2 is 1.59 bits per heavy atom. The highest BCUT2D eigenvalue weighted by molar-refractivity contribution is 5.95. The molecular weight excluding hydrogens is 346 g/mol. The van der Waals surface area contributed by atoms with Gasteiger partial charge in [0.2, 0.25) is 11.8 Å². The Hall–Kier alpha value is -3.19. The number of nitrogens with two attached hydrogens (primary N) is 1. The lowest BCUT2D eigenvalue weighted by Crippen LogP contribution is -2.45. The van der Waals surface area contributed by atoms with Crippen LogP contribution in [0.2, 0.25) is 0 Å². The Morgan fingerprint density at radius 1 is 1.04 bits per heavy atom. The fraction of sp³-hybridized carbons (Fsp3) is 0.250.